The smallest absolute Gasteiger partial charge is 0.331 e. The Bertz CT molecular complexity index is 1020. The van der Waals surface area contributed by atoms with Crippen LogP contribution in [-0.2, 0) is 9.53 Å². The van der Waals surface area contributed by atoms with Crippen molar-refractivity contribution in [3.63, 3.8) is 0 Å². The first kappa shape index (κ1) is 17.3. The molecule has 1 fully saturated rings. The van der Waals surface area contributed by atoms with Crippen LogP contribution in [0.25, 0.3) is 17.2 Å². The van der Waals surface area contributed by atoms with Crippen molar-refractivity contribution < 1.29 is 18.7 Å². The second-order valence-electron chi connectivity index (χ2n) is 6.77. The lowest BCUT2D eigenvalue weighted by Gasteiger charge is -2.07. The van der Waals surface area contributed by atoms with Crippen LogP contribution in [0.3, 0.4) is 0 Å². The molecule has 0 unspecified atom stereocenters. The number of carbonyl (C=O) groups is 2. The summed E-state index contributed by atoms with van der Waals surface area (Å²) in [6.07, 6.45) is 4.95. The highest BCUT2D eigenvalue weighted by Gasteiger charge is 2.28. The van der Waals surface area contributed by atoms with Crippen molar-refractivity contribution in [1.29, 1.82) is 0 Å². The summed E-state index contributed by atoms with van der Waals surface area (Å²) in [5.41, 5.74) is 3.99. The zero-order valence-corrected chi connectivity index (χ0v) is 15.3. The van der Waals surface area contributed by atoms with Gasteiger partial charge < -0.3 is 13.7 Å². The van der Waals surface area contributed by atoms with Gasteiger partial charge in [0.05, 0.1) is 0 Å². The molecule has 1 saturated carbocycles. The molecule has 2 aromatic heterocycles. The topological polar surface area (TPSA) is 74.3 Å². The van der Waals surface area contributed by atoms with E-state index in [-0.39, 0.29) is 12.4 Å². The minimum atomic E-state index is -0.610. The molecular weight excluding hydrogens is 344 g/mol. The fourth-order valence-corrected chi connectivity index (χ4v) is 3.32. The van der Waals surface area contributed by atoms with Gasteiger partial charge in [-0.1, -0.05) is 12.1 Å². The molecule has 0 aliphatic heterocycles. The van der Waals surface area contributed by atoms with Crippen molar-refractivity contribution in [2.45, 2.75) is 32.7 Å². The van der Waals surface area contributed by atoms with Gasteiger partial charge in [0.2, 0.25) is 11.7 Å². The Labute approximate surface area is 156 Å². The third-order valence-electron chi connectivity index (χ3n) is 4.71. The average molecular weight is 364 g/mol. The van der Waals surface area contributed by atoms with Gasteiger partial charge >= 0.3 is 5.97 Å². The van der Waals surface area contributed by atoms with E-state index in [4.69, 9.17) is 9.15 Å². The zero-order valence-electron chi connectivity index (χ0n) is 15.3. The van der Waals surface area contributed by atoms with E-state index in [1.54, 1.807) is 6.07 Å². The Balaban J connectivity index is 1.37. The summed E-state index contributed by atoms with van der Waals surface area (Å²) in [5.74, 6) is -0.493. The van der Waals surface area contributed by atoms with Gasteiger partial charge in [-0.15, -0.1) is 0 Å². The quantitative estimate of drug-likeness (QED) is 0.375. The number of fused-ring (bicyclic) bond motifs is 1. The molecule has 6 heteroatoms. The first-order valence-electron chi connectivity index (χ1n) is 8.95. The first-order chi connectivity index (χ1) is 13.0. The number of hydrogen-bond donors (Lipinski definition) is 0. The Hall–Kier alpha value is -3.15. The van der Waals surface area contributed by atoms with Crippen LogP contribution in [0.4, 0.5) is 0 Å². The Morgan fingerprint density at radius 1 is 1.30 bits per heavy atom. The van der Waals surface area contributed by atoms with Gasteiger partial charge in [-0.05, 0) is 44.9 Å². The van der Waals surface area contributed by atoms with E-state index in [1.807, 2.05) is 38.1 Å². The second kappa shape index (κ2) is 6.87. The van der Waals surface area contributed by atoms with E-state index in [1.165, 1.54) is 12.2 Å². The molecule has 0 amide bonds. The lowest BCUT2D eigenvalue weighted by molar-refractivity contribution is -0.136. The van der Waals surface area contributed by atoms with Crippen LogP contribution in [0.1, 0.15) is 46.5 Å². The number of nitrogens with zero attached hydrogens (tertiary/aromatic N) is 2. The predicted molar refractivity (Wildman–Crippen MR) is 101 cm³/mol. The average Bonchev–Trinajstić information content (AvgIpc) is 3.32. The Morgan fingerprint density at radius 3 is 2.81 bits per heavy atom. The molecule has 2 heterocycles. The molecule has 1 aromatic carbocycles. The van der Waals surface area contributed by atoms with Crippen LogP contribution in [0, 0.1) is 13.8 Å². The summed E-state index contributed by atoms with van der Waals surface area (Å²) < 4.78 is 12.8. The number of carbonyl (C=O) groups excluding carboxylic acids is 2. The van der Waals surface area contributed by atoms with Gasteiger partial charge in [0, 0.05) is 35.1 Å². The predicted octanol–water partition coefficient (Wildman–Crippen LogP) is 4.02. The summed E-state index contributed by atoms with van der Waals surface area (Å²) >= 11 is 0. The highest BCUT2D eigenvalue weighted by molar-refractivity contribution is 6.00. The molecule has 1 aliphatic carbocycles. The fraction of sp³-hybridized carbons (Fsp3) is 0.286. The number of rotatable bonds is 6. The van der Waals surface area contributed by atoms with E-state index in [9.17, 15) is 9.59 Å². The van der Waals surface area contributed by atoms with Crippen LogP contribution in [-0.4, -0.2) is 27.9 Å². The molecule has 6 nitrogen and oxygen atoms in total. The molecular formula is C21H20N2O4. The summed E-state index contributed by atoms with van der Waals surface area (Å²) in [6.45, 7) is 3.65. The number of oxazole rings is 1. The Morgan fingerprint density at radius 2 is 2.07 bits per heavy atom. The standard InChI is InChI=1S/C21H20N2O4/c1-13-11-16(14(2)23(13)15-7-8-15)18(24)12-26-21(25)10-9-20-22-17-5-3-4-6-19(17)27-20/h3-6,9-11,15H,7-8,12H2,1-2H3/b10-9+. The monoisotopic (exact) mass is 364 g/mol. The van der Waals surface area contributed by atoms with Gasteiger partial charge in [0.1, 0.15) is 5.52 Å². The summed E-state index contributed by atoms with van der Waals surface area (Å²) in [7, 11) is 0. The molecule has 4 rings (SSSR count). The number of aryl methyl sites for hydroxylation is 1. The van der Waals surface area contributed by atoms with Crippen molar-refractivity contribution in [3.8, 4) is 0 Å². The van der Waals surface area contributed by atoms with Gasteiger partial charge in [0.15, 0.2) is 12.2 Å². The van der Waals surface area contributed by atoms with E-state index in [2.05, 4.69) is 9.55 Å². The molecule has 0 spiro atoms. The van der Waals surface area contributed by atoms with Crippen molar-refractivity contribution in [2.75, 3.05) is 6.61 Å². The maximum Gasteiger partial charge on any atom is 0.331 e. The number of ketones is 1. The third kappa shape index (κ3) is 3.56. The van der Waals surface area contributed by atoms with E-state index >= 15 is 0 Å². The molecule has 27 heavy (non-hydrogen) atoms. The maximum atomic E-state index is 12.4. The fourth-order valence-electron chi connectivity index (χ4n) is 3.32. The largest absolute Gasteiger partial charge is 0.454 e. The highest BCUT2D eigenvalue weighted by Crippen LogP contribution is 2.38. The number of hydrogen-bond acceptors (Lipinski definition) is 5. The zero-order chi connectivity index (χ0) is 19.0. The number of esters is 1. The number of aromatic nitrogens is 2. The normalized spacial score (nSPS) is 14.1. The molecule has 0 atom stereocenters. The van der Waals surface area contributed by atoms with Crippen LogP contribution >= 0.6 is 0 Å². The van der Waals surface area contributed by atoms with Crippen molar-refractivity contribution in [3.05, 3.63) is 59.2 Å². The Kier molecular flexibility index (Phi) is 4.39. The number of ether oxygens (including phenoxy) is 1. The third-order valence-corrected chi connectivity index (χ3v) is 4.71. The van der Waals surface area contributed by atoms with E-state index < -0.39 is 5.97 Å². The minimum Gasteiger partial charge on any atom is -0.454 e. The first-order valence-corrected chi connectivity index (χ1v) is 8.95. The highest BCUT2D eigenvalue weighted by atomic mass is 16.5. The molecule has 138 valence electrons. The van der Waals surface area contributed by atoms with Crippen LogP contribution in [0.2, 0.25) is 0 Å². The van der Waals surface area contributed by atoms with Gasteiger partial charge in [-0.25, -0.2) is 9.78 Å². The van der Waals surface area contributed by atoms with Crippen LogP contribution in [0.15, 0.2) is 40.8 Å². The lowest BCUT2D eigenvalue weighted by Crippen LogP contribution is -2.13. The summed E-state index contributed by atoms with van der Waals surface area (Å²) in [4.78, 5) is 28.6. The summed E-state index contributed by atoms with van der Waals surface area (Å²) in [5, 5.41) is 0. The van der Waals surface area contributed by atoms with E-state index in [0.29, 0.717) is 28.6 Å². The van der Waals surface area contributed by atoms with Crippen LogP contribution in [0.5, 0.6) is 0 Å². The number of benzene rings is 1. The molecule has 0 bridgehead atoms. The maximum absolute atomic E-state index is 12.4. The van der Waals surface area contributed by atoms with E-state index in [0.717, 1.165) is 24.2 Å². The number of Topliss-reactive ketones (excluding diaryl/α,β-unsaturated/α-hetero) is 1. The SMILES string of the molecule is Cc1cc(C(=O)COC(=O)/C=C/c2nc3ccccc3o2)c(C)n1C1CC1. The van der Waals surface area contributed by atoms with Crippen LogP contribution < -0.4 is 0 Å². The van der Waals surface area contributed by atoms with Gasteiger partial charge in [0.25, 0.3) is 0 Å². The molecule has 0 saturated heterocycles. The van der Waals surface area contributed by atoms with Gasteiger partial charge in [-0.3, -0.25) is 4.79 Å². The molecule has 0 N–H and O–H groups in total. The molecule has 0 radical (unpaired) electrons. The van der Waals surface area contributed by atoms with Crippen molar-refractivity contribution >= 4 is 28.9 Å². The lowest BCUT2D eigenvalue weighted by atomic mass is 10.1. The molecule has 3 aromatic rings. The molecule has 1 aliphatic rings. The second-order valence-corrected chi connectivity index (χ2v) is 6.77. The van der Waals surface area contributed by atoms with Gasteiger partial charge in [-0.2, -0.15) is 0 Å². The summed E-state index contributed by atoms with van der Waals surface area (Å²) in [6, 6.07) is 9.71. The number of para-hydroxylation sites is 2. The van der Waals surface area contributed by atoms with Crippen molar-refractivity contribution in [2.24, 2.45) is 0 Å². The minimum absolute atomic E-state index is 0.196. The van der Waals surface area contributed by atoms with Crippen molar-refractivity contribution in [1.82, 2.24) is 9.55 Å².